The Morgan fingerprint density at radius 1 is 0.915 bits per heavy atom. The van der Waals surface area contributed by atoms with Gasteiger partial charge in [-0.05, 0) is 76.3 Å². The molecule has 1 aromatic carbocycles. The lowest BCUT2D eigenvalue weighted by atomic mass is 9.83. The normalized spacial score (nSPS) is 19.5. The Kier molecular flexibility index (Phi) is 11.2. The quantitative estimate of drug-likeness (QED) is 0.292. The van der Waals surface area contributed by atoms with Crippen molar-refractivity contribution in [3.8, 4) is 0 Å². The molecule has 13 heteroatoms. The van der Waals surface area contributed by atoms with Gasteiger partial charge in [-0.25, -0.2) is 9.18 Å². The van der Waals surface area contributed by atoms with Gasteiger partial charge in [0.1, 0.15) is 23.6 Å². The third-order valence-electron chi connectivity index (χ3n) is 9.64. The zero-order chi connectivity index (χ0) is 33.7. The van der Waals surface area contributed by atoms with Crippen LogP contribution in [0.5, 0.6) is 0 Å². The highest BCUT2D eigenvalue weighted by Gasteiger charge is 2.35. The van der Waals surface area contributed by atoms with Gasteiger partial charge in [-0.2, -0.15) is 5.10 Å². The summed E-state index contributed by atoms with van der Waals surface area (Å²) < 4.78 is 17.3. The van der Waals surface area contributed by atoms with Crippen LogP contribution in [0.4, 0.5) is 14.9 Å². The van der Waals surface area contributed by atoms with E-state index in [1.807, 2.05) is 20.9 Å². The Morgan fingerprint density at radius 3 is 2.26 bits per heavy atom. The molecule has 3 unspecified atom stereocenters. The molecule has 4 N–H and O–H groups in total. The first-order valence-corrected chi connectivity index (χ1v) is 17.0. The van der Waals surface area contributed by atoms with Gasteiger partial charge in [0.2, 0.25) is 11.8 Å². The number of piperazine rings is 1. The molecule has 1 aliphatic heterocycles. The van der Waals surface area contributed by atoms with Crippen LogP contribution in [-0.2, 0) is 9.59 Å². The van der Waals surface area contributed by atoms with Gasteiger partial charge in [-0.3, -0.25) is 19.1 Å². The highest BCUT2D eigenvalue weighted by atomic mass is 19.1. The molecule has 0 radical (unpaired) electrons. The van der Waals surface area contributed by atoms with E-state index >= 15 is 4.39 Å². The molecule has 12 nitrogen and oxygen atoms in total. The molecule has 2 aromatic rings. The number of amides is 5. The van der Waals surface area contributed by atoms with E-state index < -0.39 is 41.7 Å². The number of hydrogen-bond donors (Lipinski definition) is 4. The minimum atomic E-state index is -0.901. The highest BCUT2D eigenvalue weighted by Crippen LogP contribution is 2.29. The van der Waals surface area contributed by atoms with Crippen molar-refractivity contribution in [3.05, 3.63) is 47.5 Å². The van der Waals surface area contributed by atoms with Crippen LogP contribution in [0.25, 0.3) is 0 Å². The molecule has 0 bridgehead atoms. The molecule has 5 amide bonds. The van der Waals surface area contributed by atoms with Crippen LogP contribution in [-0.4, -0.2) is 94.7 Å². The molecule has 3 fully saturated rings. The maximum atomic E-state index is 15.7. The third kappa shape index (κ3) is 8.68. The maximum absolute atomic E-state index is 15.7. The van der Waals surface area contributed by atoms with E-state index in [1.165, 1.54) is 12.1 Å². The Labute approximate surface area is 276 Å². The van der Waals surface area contributed by atoms with Crippen molar-refractivity contribution in [3.63, 3.8) is 0 Å². The molecule has 1 aromatic heterocycles. The summed E-state index contributed by atoms with van der Waals surface area (Å²) >= 11 is 0. The Bertz CT molecular complexity index is 1430. The smallest absolute Gasteiger partial charge is 0.315 e. The summed E-state index contributed by atoms with van der Waals surface area (Å²) in [6, 6.07) is 3.99. The van der Waals surface area contributed by atoms with Crippen molar-refractivity contribution >= 4 is 29.4 Å². The first-order chi connectivity index (χ1) is 22.5. The summed E-state index contributed by atoms with van der Waals surface area (Å²) in [5, 5.41) is 15.6. The first kappa shape index (κ1) is 34.3. The van der Waals surface area contributed by atoms with Crippen LogP contribution < -0.4 is 21.3 Å². The Balaban J connectivity index is 1.31. The van der Waals surface area contributed by atoms with Gasteiger partial charge in [-0.1, -0.05) is 32.3 Å². The van der Waals surface area contributed by atoms with Gasteiger partial charge in [0, 0.05) is 50.4 Å². The number of carbonyl (C=O) groups is 4. The van der Waals surface area contributed by atoms with E-state index in [4.69, 9.17) is 0 Å². The lowest BCUT2D eigenvalue weighted by Crippen LogP contribution is -2.57. The summed E-state index contributed by atoms with van der Waals surface area (Å²) in [5.41, 5.74) is 0.853. The Hall–Kier alpha value is -4.00. The van der Waals surface area contributed by atoms with E-state index in [2.05, 4.69) is 31.3 Å². The summed E-state index contributed by atoms with van der Waals surface area (Å²) in [6.07, 6.45) is 7.92. The number of urea groups is 1. The molecule has 2 aliphatic carbocycles. The SMILES string of the molecule is CC(c1ccc(NC(=O)C(NC(=O)c2ccnn2C(C)C)C2CCCCC2)c(F)c1)C(NC(=O)NC1CC1)C(=O)N1CCN(C)CC1. The zero-order valence-electron chi connectivity index (χ0n) is 27.9. The topological polar surface area (TPSA) is 141 Å². The van der Waals surface area contributed by atoms with E-state index in [9.17, 15) is 19.2 Å². The predicted molar refractivity (Wildman–Crippen MR) is 176 cm³/mol. The summed E-state index contributed by atoms with van der Waals surface area (Å²) in [6.45, 7) is 8.18. The fourth-order valence-corrected chi connectivity index (χ4v) is 6.52. The first-order valence-electron chi connectivity index (χ1n) is 17.0. The van der Waals surface area contributed by atoms with Crippen LogP contribution in [0, 0.1) is 11.7 Å². The van der Waals surface area contributed by atoms with E-state index in [-0.39, 0.29) is 29.6 Å². The molecule has 5 rings (SSSR count). The number of benzene rings is 1. The largest absolute Gasteiger partial charge is 0.339 e. The minimum Gasteiger partial charge on any atom is -0.339 e. The van der Waals surface area contributed by atoms with E-state index in [0.717, 1.165) is 58.0 Å². The van der Waals surface area contributed by atoms with Gasteiger partial charge < -0.3 is 31.1 Å². The summed E-state index contributed by atoms with van der Waals surface area (Å²) in [4.78, 5) is 57.4. The van der Waals surface area contributed by atoms with Gasteiger partial charge in [0.25, 0.3) is 5.91 Å². The molecule has 3 aliphatic rings. The second kappa shape index (κ2) is 15.3. The number of hydrogen-bond acceptors (Lipinski definition) is 6. The van der Waals surface area contributed by atoms with Crippen molar-refractivity contribution < 1.29 is 23.6 Å². The van der Waals surface area contributed by atoms with Gasteiger partial charge in [-0.15, -0.1) is 0 Å². The average Bonchev–Trinajstić information content (AvgIpc) is 3.72. The van der Waals surface area contributed by atoms with Crippen LogP contribution in [0.2, 0.25) is 0 Å². The number of likely N-dealkylation sites (N-methyl/N-ethyl adjacent to an activating group) is 1. The van der Waals surface area contributed by atoms with E-state index in [0.29, 0.717) is 24.3 Å². The number of carbonyl (C=O) groups excluding carboxylic acids is 4. The Morgan fingerprint density at radius 2 is 1.62 bits per heavy atom. The fraction of sp³-hybridized carbons (Fsp3) is 0.618. The molecule has 256 valence electrons. The van der Waals surface area contributed by atoms with E-state index in [1.54, 1.807) is 34.8 Å². The molecule has 0 spiro atoms. The molecule has 1 saturated heterocycles. The highest BCUT2D eigenvalue weighted by molar-refractivity contribution is 6.00. The lowest BCUT2D eigenvalue weighted by molar-refractivity contribution is -0.135. The third-order valence-corrected chi connectivity index (χ3v) is 9.64. The second-order valence-electron chi connectivity index (χ2n) is 13.6. The lowest BCUT2D eigenvalue weighted by Gasteiger charge is -2.36. The van der Waals surface area contributed by atoms with Crippen LogP contribution >= 0.6 is 0 Å². The second-order valence-corrected chi connectivity index (χ2v) is 13.6. The minimum absolute atomic E-state index is 0.0189. The molecular weight excluding hydrogens is 603 g/mol. The fourth-order valence-electron chi connectivity index (χ4n) is 6.52. The monoisotopic (exact) mass is 652 g/mol. The summed E-state index contributed by atoms with van der Waals surface area (Å²) in [7, 11) is 2.00. The van der Waals surface area contributed by atoms with Crippen molar-refractivity contribution in [1.82, 2.24) is 35.5 Å². The maximum Gasteiger partial charge on any atom is 0.315 e. The van der Waals surface area contributed by atoms with Crippen molar-refractivity contribution in [2.45, 2.75) is 95.8 Å². The number of aromatic nitrogens is 2. The molecule has 2 saturated carbocycles. The summed E-state index contributed by atoms with van der Waals surface area (Å²) in [5.74, 6) is -2.39. The zero-order valence-corrected chi connectivity index (χ0v) is 27.9. The van der Waals surface area contributed by atoms with Crippen molar-refractivity contribution in [2.75, 3.05) is 38.5 Å². The van der Waals surface area contributed by atoms with Crippen LogP contribution in [0.3, 0.4) is 0 Å². The van der Waals surface area contributed by atoms with Gasteiger partial charge >= 0.3 is 6.03 Å². The molecule has 2 heterocycles. The van der Waals surface area contributed by atoms with Crippen molar-refractivity contribution in [1.29, 1.82) is 0 Å². The standard InChI is InChI=1S/C34H49FN8O4/c1-21(2)43-28(14-15-36-43)31(44)39-30(23-8-6-5-7-9-23)32(45)38-27-13-10-24(20-26(27)35)22(3)29(40-34(47)37-25-11-12-25)33(46)42-18-16-41(4)17-19-42/h10,13-15,20-23,25,29-30H,5-9,11-12,16-19H2,1-4H3,(H,38,45)(H,39,44)(H2,37,40,47). The van der Waals surface area contributed by atoms with Gasteiger partial charge in [0.15, 0.2) is 0 Å². The number of nitrogens with zero attached hydrogens (tertiary/aromatic N) is 4. The molecule has 3 atom stereocenters. The van der Waals surface area contributed by atoms with Gasteiger partial charge in [0.05, 0.1) is 5.69 Å². The predicted octanol–water partition coefficient (Wildman–Crippen LogP) is 3.63. The molecule has 47 heavy (non-hydrogen) atoms. The number of nitrogens with one attached hydrogen (secondary N) is 4. The number of rotatable bonds is 11. The van der Waals surface area contributed by atoms with Crippen LogP contribution in [0.1, 0.15) is 93.7 Å². The number of halogens is 1. The average molecular weight is 653 g/mol. The molecular formula is C34H49FN8O4. The van der Waals surface area contributed by atoms with Crippen molar-refractivity contribution in [2.24, 2.45) is 5.92 Å². The van der Waals surface area contributed by atoms with Crippen LogP contribution in [0.15, 0.2) is 30.5 Å². The number of anilines is 1.